The van der Waals surface area contributed by atoms with E-state index in [9.17, 15) is 14.7 Å². The number of likely N-dealkylation sites (N-methyl/N-ethyl adjacent to an activating group) is 1. The van der Waals surface area contributed by atoms with Crippen LogP contribution in [-0.2, 0) is 4.79 Å². The van der Waals surface area contributed by atoms with Gasteiger partial charge in [0.15, 0.2) is 5.76 Å². The number of hydrogen-bond donors (Lipinski definition) is 1. The molecule has 0 fully saturated rings. The zero-order chi connectivity index (χ0) is 22.0. The van der Waals surface area contributed by atoms with Crippen molar-refractivity contribution < 1.29 is 14.7 Å². The minimum Gasteiger partial charge on any atom is -0.503 e. The fraction of sp³-hybridized carbons (Fsp3) is 0.435. The van der Waals surface area contributed by atoms with Gasteiger partial charge in [-0.05, 0) is 39.4 Å². The van der Waals surface area contributed by atoms with Crippen LogP contribution in [0.4, 0.5) is 0 Å². The van der Waals surface area contributed by atoms with Gasteiger partial charge in [0, 0.05) is 13.1 Å². The highest BCUT2D eigenvalue weighted by atomic mass is 32.1. The van der Waals surface area contributed by atoms with E-state index in [0.29, 0.717) is 23.7 Å². The number of ketones is 1. The van der Waals surface area contributed by atoms with Crippen LogP contribution in [0.1, 0.15) is 51.4 Å². The lowest BCUT2D eigenvalue weighted by atomic mass is 9.94. The Kier molecular flexibility index (Phi) is 6.73. The van der Waals surface area contributed by atoms with Crippen molar-refractivity contribution in [2.45, 2.75) is 40.7 Å². The van der Waals surface area contributed by atoms with E-state index in [1.807, 2.05) is 38.1 Å². The number of rotatable bonds is 8. The molecule has 7 heteroatoms. The Hall–Kier alpha value is -2.51. The summed E-state index contributed by atoms with van der Waals surface area (Å²) in [5, 5.41) is 11.5. The molecule has 2 heterocycles. The molecule has 160 valence electrons. The zero-order valence-corrected chi connectivity index (χ0v) is 19.0. The second-order valence-electron chi connectivity index (χ2n) is 7.58. The Bertz CT molecular complexity index is 974. The molecule has 0 bridgehead atoms. The van der Waals surface area contributed by atoms with Gasteiger partial charge in [0.05, 0.1) is 27.2 Å². The monoisotopic (exact) mass is 427 g/mol. The van der Waals surface area contributed by atoms with E-state index < -0.39 is 17.7 Å². The Morgan fingerprint density at radius 2 is 1.80 bits per heavy atom. The molecular weight excluding hydrogens is 398 g/mol. The molecule has 0 aliphatic carbocycles. The van der Waals surface area contributed by atoms with Gasteiger partial charge in [0.2, 0.25) is 5.78 Å². The minimum atomic E-state index is -0.608. The number of carbonyl (C=O) groups is 2. The summed E-state index contributed by atoms with van der Waals surface area (Å²) in [5.74, 6) is -1.26. The molecule has 0 unspecified atom stereocenters. The SMILES string of the molecule is CCN(CC)CCN1C(=O)C(O)=C(C(=O)c2sc(C)nc2C)[C@H]1c1ccc(C)cc1. The maximum absolute atomic E-state index is 13.4. The van der Waals surface area contributed by atoms with Crippen LogP contribution < -0.4 is 0 Å². The molecule has 30 heavy (non-hydrogen) atoms. The molecule has 3 rings (SSSR count). The first kappa shape index (κ1) is 22.2. The lowest BCUT2D eigenvalue weighted by Crippen LogP contribution is -2.38. The Morgan fingerprint density at radius 3 is 2.33 bits per heavy atom. The molecule has 0 spiro atoms. The lowest BCUT2D eigenvalue weighted by molar-refractivity contribution is -0.129. The van der Waals surface area contributed by atoms with Crippen LogP contribution in [0.2, 0.25) is 0 Å². The normalized spacial score (nSPS) is 16.8. The van der Waals surface area contributed by atoms with Gasteiger partial charge >= 0.3 is 0 Å². The summed E-state index contributed by atoms with van der Waals surface area (Å²) in [7, 11) is 0. The molecule has 6 nitrogen and oxygen atoms in total. The molecule has 1 aliphatic rings. The molecule has 1 N–H and O–H groups in total. The lowest BCUT2D eigenvalue weighted by Gasteiger charge is -2.29. The number of aliphatic hydroxyl groups excluding tert-OH is 1. The average molecular weight is 428 g/mol. The first-order valence-electron chi connectivity index (χ1n) is 10.3. The van der Waals surface area contributed by atoms with Gasteiger partial charge in [-0.2, -0.15) is 0 Å². The van der Waals surface area contributed by atoms with Crippen molar-refractivity contribution in [1.82, 2.24) is 14.8 Å². The van der Waals surface area contributed by atoms with E-state index in [0.717, 1.165) is 29.2 Å². The molecule has 0 radical (unpaired) electrons. The number of amides is 1. The molecule has 1 atom stereocenters. The number of aromatic nitrogens is 1. The largest absolute Gasteiger partial charge is 0.503 e. The number of hydrogen-bond acceptors (Lipinski definition) is 6. The third-order valence-electron chi connectivity index (χ3n) is 5.60. The summed E-state index contributed by atoms with van der Waals surface area (Å²) in [6.45, 7) is 12.6. The fourth-order valence-corrected chi connectivity index (χ4v) is 4.74. The van der Waals surface area contributed by atoms with Gasteiger partial charge in [-0.1, -0.05) is 43.7 Å². The molecule has 1 aromatic heterocycles. The first-order chi connectivity index (χ1) is 14.3. The second-order valence-corrected chi connectivity index (χ2v) is 8.78. The summed E-state index contributed by atoms with van der Waals surface area (Å²) in [4.78, 5) is 35.1. The summed E-state index contributed by atoms with van der Waals surface area (Å²) in [5.41, 5.74) is 2.68. The van der Waals surface area contributed by atoms with Crippen LogP contribution >= 0.6 is 11.3 Å². The predicted octanol–water partition coefficient (Wildman–Crippen LogP) is 3.99. The van der Waals surface area contributed by atoms with Crippen LogP contribution in [0.5, 0.6) is 0 Å². The Labute approximate surface area is 181 Å². The number of benzene rings is 1. The van der Waals surface area contributed by atoms with Crippen molar-refractivity contribution in [3.63, 3.8) is 0 Å². The van der Waals surface area contributed by atoms with Gasteiger partial charge < -0.3 is 14.9 Å². The number of aliphatic hydroxyl groups is 1. The van der Waals surface area contributed by atoms with E-state index in [-0.39, 0.29) is 11.4 Å². The molecule has 2 aromatic rings. The molecule has 1 aromatic carbocycles. The molecular formula is C23H29N3O3S. The molecule has 0 saturated carbocycles. The number of nitrogens with zero attached hydrogens (tertiary/aromatic N) is 3. The van der Waals surface area contributed by atoms with Crippen molar-refractivity contribution in [2.24, 2.45) is 0 Å². The third-order valence-corrected chi connectivity index (χ3v) is 6.67. The highest BCUT2D eigenvalue weighted by Gasteiger charge is 2.44. The standard InChI is InChI=1S/C23H29N3O3S/c1-6-25(7-2)12-13-26-19(17-10-8-14(3)9-11-17)18(21(28)23(26)29)20(27)22-15(4)24-16(5)30-22/h8-11,19,28H,6-7,12-13H2,1-5H3/t19-/m1/s1. The Balaban J connectivity index is 2.04. The van der Waals surface area contributed by atoms with Crippen LogP contribution in [0.3, 0.4) is 0 Å². The highest BCUT2D eigenvalue weighted by Crippen LogP contribution is 2.40. The first-order valence-corrected chi connectivity index (χ1v) is 11.1. The zero-order valence-electron chi connectivity index (χ0n) is 18.2. The summed E-state index contributed by atoms with van der Waals surface area (Å²) < 4.78 is 0. The van der Waals surface area contributed by atoms with Crippen LogP contribution in [0, 0.1) is 20.8 Å². The van der Waals surface area contributed by atoms with Crippen molar-refractivity contribution in [1.29, 1.82) is 0 Å². The van der Waals surface area contributed by atoms with Crippen molar-refractivity contribution in [3.8, 4) is 0 Å². The van der Waals surface area contributed by atoms with Crippen molar-refractivity contribution >= 4 is 23.0 Å². The Morgan fingerprint density at radius 1 is 1.17 bits per heavy atom. The second kappa shape index (κ2) is 9.10. The number of aryl methyl sites for hydroxylation is 3. The number of carbonyl (C=O) groups excluding carboxylic acids is 2. The van der Waals surface area contributed by atoms with Crippen LogP contribution in [-0.4, -0.2) is 57.8 Å². The third kappa shape index (κ3) is 4.18. The van der Waals surface area contributed by atoms with Crippen LogP contribution in [0.15, 0.2) is 35.6 Å². The van der Waals surface area contributed by atoms with Gasteiger partial charge in [0.1, 0.15) is 0 Å². The number of thiazole rings is 1. The quantitative estimate of drug-likeness (QED) is 0.645. The van der Waals surface area contributed by atoms with Gasteiger partial charge in [-0.25, -0.2) is 4.98 Å². The molecule has 1 aliphatic heterocycles. The molecule has 0 saturated heterocycles. The predicted molar refractivity (Wildman–Crippen MR) is 119 cm³/mol. The van der Waals surface area contributed by atoms with Gasteiger partial charge in [-0.3, -0.25) is 9.59 Å². The van der Waals surface area contributed by atoms with Crippen LogP contribution in [0.25, 0.3) is 0 Å². The fourth-order valence-electron chi connectivity index (χ4n) is 3.86. The summed E-state index contributed by atoms with van der Waals surface area (Å²) >= 11 is 1.29. The van der Waals surface area contributed by atoms with E-state index in [1.165, 1.54) is 11.3 Å². The van der Waals surface area contributed by atoms with Crippen molar-refractivity contribution in [2.75, 3.05) is 26.2 Å². The minimum absolute atomic E-state index is 0.148. The number of Topliss-reactive ketones (excluding diaryl/α,β-unsaturated/α-hetero) is 1. The van der Waals surface area contributed by atoms with E-state index in [1.54, 1.807) is 11.8 Å². The van der Waals surface area contributed by atoms with E-state index >= 15 is 0 Å². The van der Waals surface area contributed by atoms with Gasteiger partial charge in [0.25, 0.3) is 5.91 Å². The van der Waals surface area contributed by atoms with Crippen molar-refractivity contribution in [3.05, 3.63) is 62.3 Å². The van der Waals surface area contributed by atoms with E-state index in [4.69, 9.17) is 0 Å². The summed E-state index contributed by atoms with van der Waals surface area (Å²) in [6.07, 6.45) is 0. The molecule has 1 amide bonds. The average Bonchev–Trinajstić information content (AvgIpc) is 3.19. The smallest absolute Gasteiger partial charge is 0.290 e. The highest BCUT2D eigenvalue weighted by molar-refractivity contribution is 7.14. The maximum Gasteiger partial charge on any atom is 0.290 e. The summed E-state index contributed by atoms with van der Waals surface area (Å²) in [6, 6.07) is 7.16. The topological polar surface area (TPSA) is 73.7 Å². The van der Waals surface area contributed by atoms with Gasteiger partial charge in [-0.15, -0.1) is 11.3 Å². The van der Waals surface area contributed by atoms with E-state index in [2.05, 4.69) is 23.7 Å². The maximum atomic E-state index is 13.4.